The molecule has 2 aromatic rings. The van der Waals surface area contributed by atoms with Crippen LogP contribution in [0.3, 0.4) is 0 Å². The lowest BCUT2D eigenvalue weighted by Crippen LogP contribution is -2.03. The predicted molar refractivity (Wildman–Crippen MR) is 89.8 cm³/mol. The minimum absolute atomic E-state index is 0.596. The standard InChI is InChI=1S/C14H12BrCl2NS/c15-10-2-1-3-11(8-10)18-6-7-19-12-4-5-13(16)14(17)9-12/h1-5,8-9,18H,6-7H2. The van der Waals surface area contributed by atoms with Crippen molar-refractivity contribution in [3.05, 3.63) is 57.0 Å². The van der Waals surface area contributed by atoms with Crippen LogP contribution in [0.4, 0.5) is 5.69 Å². The molecule has 0 bridgehead atoms. The van der Waals surface area contributed by atoms with E-state index in [1.165, 1.54) is 0 Å². The SMILES string of the molecule is Clc1ccc(SCCNc2cccc(Br)c2)cc1Cl. The third kappa shape index (κ3) is 4.92. The summed E-state index contributed by atoms with van der Waals surface area (Å²) in [5.41, 5.74) is 1.11. The first kappa shape index (κ1) is 15.0. The Balaban J connectivity index is 1.79. The number of anilines is 1. The van der Waals surface area contributed by atoms with E-state index >= 15 is 0 Å². The van der Waals surface area contributed by atoms with Gasteiger partial charge in [-0.3, -0.25) is 0 Å². The molecule has 0 atom stereocenters. The monoisotopic (exact) mass is 375 g/mol. The molecule has 0 heterocycles. The molecule has 2 aromatic carbocycles. The maximum Gasteiger partial charge on any atom is 0.0603 e. The molecule has 1 N–H and O–H groups in total. The Morgan fingerprint density at radius 1 is 1.05 bits per heavy atom. The van der Waals surface area contributed by atoms with E-state index in [1.54, 1.807) is 11.8 Å². The van der Waals surface area contributed by atoms with Crippen LogP contribution in [0.5, 0.6) is 0 Å². The number of thioether (sulfide) groups is 1. The Bertz CT molecular complexity index is 563. The zero-order valence-corrected chi connectivity index (χ0v) is 13.9. The molecule has 100 valence electrons. The summed E-state index contributed by atoms with van der Waals surface area (Å²) in [6, 6.07) is 13.8. The fourth-order valence-electron chi connectivity index (χ4n) is 1.53. The van der Waals surface area contributed by atoms with E-state index in [9.17, 15) is 0 Å². The zero-order chi connectivity index (χ0) is 13.7. The fourth-order valence-corrected chi connectivity index (χ4v) is 3.10. The highest BCUT2D eigenvalue weighted by Crippen LogP contribution is 2.27. The van der Waals surface area contributed by atoms with E-state index in [-0.39, 0.29) is 0 Å². The van der Waals surface area contributed by atoms with E-state index in [0.29, 0.717) is 10.0 Å². The lowest BCUT2D eigenvalue weighted by molar-refractivity contribution is 1.22. The zero-order valence-electron chi connectivity index (χ0n) is 10.00. The predicted octanol–water partition coefficient (Wildman–Crippen LogP) is 5.96. The van der Waals surface area contributed by atoms with Crippen molar-refractivity contribution < 1.29 is 0 Å². The van der Waals surface area contributed by atoms with Crippen molar-refractivity contribution in [2.45, 2.75) is 4.90 Å². The fraction of sp³-hybridized carbons (Fsp3) is 0.143. The van der Waals surface area contributed by atoms with Crippen LogP contribution in [0.2, 0.25) is 10.0 Å². The largest absolute Gasteiger partial charge is 0.384 e. The molecule has 0 fully saturated rings. The van der Waals surface area contributed by atoms with Gasteiger partial charge in [-0.05, 0) is 36.4 Å². The first-order valence-corrected chi connectivity index (χ1v) is 8.26. The van der Waals surface area contributed by atoms with E-state index in [2.05, 4.69) is 33.4 Å². The van der Waals surface area contributed by atoms with Crippen molar-refractivity contribution in [1.29, 1.82) is 0 Å². The second kappa shape index (κ2) is 7.44. The normalized spacial score (nSPS) is 10.5. The van der Waals surface area contributed by atoms with Crippen molar-refractivity contribution >= 4 is 56.6 Å². The van der Waals surface area contributed by atoms with E-state index < -0.39 is 0 Å². The number of rotatable bonds is 5. The van der Waals surface area contributed by atoms with Gasteiger partial charge in [0.1, 0.15) is 0 Å². The quantitative estimate of drug-likeness (QED) is 0.510. The number of nitrogens with one attached hydrogen (secondary N) is 1. The topological polar surface area (TPSA) is 12.0 Å². The summed E-state index contributed by atoms with van der Waals surface area (Å²) < 4.78 is 1.08. The van der Waals surface area contributed by atoms with Crippen molar-refractivity contribution in [3.63, 3.8) is 0 Å². The van der Waals surface area contributed by atoms with Crippen LogP contribution in [0.15, 0.2) is 51.8 Å². The van der Waals surface area contributed by atoms with Crippen LogP contribution in [0, 0.1) is 0 Å². The van der Waals surface area contributed by atoms with Gasteiger partial charge in [0, 0.05) is 27.4 Å². The molecule has 0 radical (unpaired) electrons. The van der Waals surface area contributed by atoms with Gasteiger partial charge in [-0.15, -0.1) is 11.8 Å². The van der Waals surface area contributed by atoms with Gasteiger partial charge in [0.2, 0.25) is 0 Å². The molecule has 0 amide bonds. The Kier molecular flexibility index (Phi) is 5.89. The maximum atomic E-state index is 5.97. The van der Waals surface area contributed by atoms with Gasteiger partial charge >= 0.3 is 0 Å². The molecule has 0 aliphatic heterocycles. The number of halogens is 3. The van der Waals surface area contributed by atoms with Crippen LogP contribution in [-0.4, -0.2) is 12.3 Å². The number of hydrogen-bond donors (Lipinski definition) is 1. The lowest BCUT2D eigenvalue weighted by Gasteiger charge is -2.07. The van der Waals surface area contributed by atoms with E-state index in [0.717, 1.165) is 27.4 Å². The van der Waals surface area contributed by atoms with Crippen LogP contribution in [0.1, 0.15) is 0 Å². The Hall–Kier alpha value is -0.350. The molecule has 0 aliphatic carbocycles. The Labute approximate surface area is 135 Å². The maximum absolute atomic E-state index is 5.97. The molecular weight excluding hydrogens is 365 g/mol. The molecule has 0 aliphatic rings. The van der Waals surface area contributed by atoms with Gasteiger partial charge in [0.25, 0.3) is 0 Å². The molecule has 19 heavy (non-hydrogen) atoms. The second-order valence-corrected chi connectivity index (χ2v) is 6.76. The summed E-state index contributed by atoms with van der Waals surface area (Å²) in [5, 5.41) is 4.57. The van der Waals surface area contributed by atoms with Crippen LogP contribution < -0.4 is 5.32 Å². The summed E-state index contributed by atoms with van der Waals surface area (Å²) in [5.74, 6) is 0.963. The molecule has 0 unspecified atom stereocenters. The number of hydrogen-bond acceptors (Lipinski definition) is 2. The highest BCUT2D eigenvalue weighted by molar-refractivity contribution is 9.10. The molecular formula is C14H12BrCl2NS. The highest BCUT2D eigenvalue weighted by Gasteiger charge is 2.00. The third-order valence-electron chi connectivity index (χ3n) is 2.42. The summed E-state index contributed by atoms with van der Waals surface area (Å²) >= 11 is 17.1. The van der Waals surface area contributed by atoms with Gasteiger partial charge in [0.15, 0.2) is 0 Å². The highest BCUT2D eigenvalue weighted by atomic mass is 79.9. The molecule has 0 spiro atoms. The Morgan fingerprint density at radius 3 is 2.63 bits per heavy atom. The minimum Gasteiger partial charge on any atom is -0.384 e. The van der Waals surface area contributed by atoms with Gasteiger partial charge in [-0.25, -0.2) is 0 Å². The second-order valence-electron chi connectivity index (χ2n) is 3.86. The summed E-state index contributed by atoms with van der Waals surface area (Å²) in [6.07, 6.45) is 0. The van der Waals surface area contributed by atoms with Crippen molar-refractivity contribution in [2.24, 2.45) is 0 Å². The molecule has 5 heteroatoms. The average molecular weight is 377 g/mol. The first-order chi connectivity index (χ1) is 9.15. The first-order valence-electron chi connectivity index (χ1n) is 5.72. The third-order valence-corrected chi connectivity index (χ3v) is 4.64. The number of benzene rings is 2. The van der Waals surface area contributed by atoms with Crippen molar-refractivity contribution in [2.75, 3.05) is 17.6 Å². The summed E-state index contributed by atoms with van der Waals surface area (Å²) in [4.78, 5) is 1.13. The lowest BCUT2D eigenvalue weighted by atomic mass is 10.3. The van der Waals surface area contributed by atoms with E-state index in [4.69, 9.17) is 23.2 Å². The molecule has 0 saturated carbocycles. The van der Waals surface area contributed by atoms with Crippen molar-refractivity contribution in [3.8, 4) is 0 Å². The smallest absolute Gasteiger partial charge is 0.0603 e. The summed E-state index contributed by atoms with van der Waals surface area (Å²) in [6.45, 7) is 0.890. The Morgan fingerprint density at radius 2 is 1.89 bits per heavy atom. The van der Waals surface area contributed by atoms with Gasteiger partial charge in [-0.2, -0.15) is 0 Å². The van der Waals surface area contributed by atoms with Gasteiger partial charge in [0.05, 0.1) is 10.0 Å². The van der Waals surface area contributed by atoms with Gasteiger partial charge in [-0.1, -0.05) is 45.2 Å². The van der Waals surface area contributed by atoms with Crippen LogP contribution in [-0.2, 0) is 0 Å². The average Bonchev–Trinajstić information content (AvgIpc) is 2.39. The molecule has 2 rings (SSSR count). The molecule has 0 aromatic heterocycles. The minimum atomic E-state index is 0.596. The van der Waals surface area contributed by atoms with Crippen LogP contribution in [0.25, 0.3) is 0 Å². The summed E-state index contributed by atoms with van der Waals surface area (Å²) in [7, 11) is 0. The van der Waals surface area contributed by atoms with Crippen LogP contribution >= 0.6 is 50.9 Å². The van der Waals surface area contributed by atoms with Crippen molar-refractivity contribution in [1.82, 2.24) is 0 Å². The molecule has 1 nitrogen and oxygen atoms in total. The molecule has 0 saturated heterocycles. The van der Waals surface area contributed by atoms with E-state index in [1.807, 2.05) is 30.3 Å². The van der Waals surface area contributed by atoms with Gasteiger partial charge < -0.3 is 5.32 Å².